The van der Waals surface area contributed by atoms with Gasteiger partial charge in [0, 0.05) is 24.4 Å². The molecule has 1 saturated heterocycles. The number of nitrogens with two attached hydrogens (primary N) is 1. The topological polar surface area (TPSA) is 72.6 Å². The van der Waals surface area contributed by atoms with Crippen LogP contribution in [0, 0.1) is 5.92 Å². The third kappa shape index (κ3) is 4.01. The van der Waals surface area contributed by atoms with Crippen LogP contribution in [0.25, 0.3) is 0 Å². The quantitative estimate of drug-likeness (QED) is 0.875. The molecule has 5 nitrogen and oxygen atoms in total. The van der Waals surface area contributed by atoms with Crippen molar-refractivity contribution in [3.8, 4) is 0 Å². The molecule has 0 bridgehead atoms. The van der Waals surface area contributed by atoms with Crippen LogP contribution in [0.4, 0.5) is 0 Å². The van der Waals surface area contributed by atoms with Crippen LogP contribution in [0.15, 0.2) is 41.8 Å². The Bertz CT molecular complexity index is 714. The largest absolute Gasteiger partial charge is 0.376 e. The van der Waals surface area contributed by atoms with Crippen molar-refractivity contribution < 1.29 is 14.3 Å². The fourth-order valence-electron chi connectivity index (χ4n) is 2.80. The summed E-state index contributed by atoms with van der Waals surface area (Å²) in [6, 6.07) is 11.6. The van der Waals surface area contributed by atoms with Crippen molar-refractivity contribution in [1.82, 2.24) is 4.90 Å². The number of carbonyl (C=O) groups is 2. The number of ether oxygens (including phenoxy) is 1. The average Bonchev–Trinajstić information content (AvgIpc) is 3.25. The fourth-order valence-corrected chi connectivity index (χ4v) is 3.67. The minimum Gasteiger partial charge on any atom is -0.376 e. The monoisotopic (exact) mass is 344 g/mol. The van der Waals surface area contributed by atoms with Crippen LogP contribution in [0.2, 0.25) is 0 Å². The molecule has 1 fully saturated rings. The van der Waals surface area contributed by atoms with E-state index in [1.165, 1.54) is 11.3 Å². The maximum Gasteiger partial charge on any atom is 0.263 e. The van der Waals surface area contributed by atoms with Crippen LogP contribution in [-0.2, 0) is 11.3 Å². The van der Waals surface area contributed by atoms with E-state index in [1.807, 2.05) is 35.2 Å². The molecule has 1 aromatic heterocycles. The lowest BCUT2D eigenvalue weighted by Gasteiger charge is -2.15. The second kappa shape index (κ2) is 7.59. The molecule has 1 atom stereocenters. The predicted molar refractivity (Wildman–Crippen MR) is 92.9 cm³/mol. The standard InChI is InChI=1S/C18H20N2O3S/c19-17(21)15-8-16(24-12-15)18(22)20-7-6-14(9-20)11-23-10-13-4-2-1-3-5-13/h1-5,8,12,14H,6-7,9-11H2,(H2,19,21)/t14-/m1/s1. The number of benzene rings is 1. The Morgan fingerprint density at radius 1 is 1.29 bits per heavy atom. The molecule has 0 aliphatic carbocycles. The molecule has 6 heteroatoms. The maximum absolute atomic E-state index is 12.5. The molecule has 1 aliphatic heterocycles. The molecule has 24 heavy (non-hydrogen) atoms. The molecule has 3 rings (SSSR count). The second-order valence-electron chi connectivity index (χ2n) is 5.97. The Balaban J connectivity index is 1.47. The molecule has 1 aromatic carbocycles. The smallest absolute Gasteiger partial charge is 0.263 e. The van der Waals surface area contributed by atoms with Crippen LogP contribution in [0.3, 0.4) is 0 Å². The highest BCUT2D eigenvalue weighted by atomic mass is 32.1. The molecule has 0 radical (unpaired) electrons. The Hall–Kier alpha value is -2.18. The zero-order valence-electron chi connectivity index (χ0n) is 13.3. The van der Waals surface area contributed by atoms with Crippen molar-refractivity contribution in [3.63, 3.8) is 0 Å². The summed E-state index contributed by atoms with van der Waals surface area (Å²) in [4.78, 5) is 26.0. The highest BCUT2D eigenvalue weighted by Crippen LogP contribution is 2.22. The van der Waals surface area contributed by atoms with Crippen molar-refractivity contribution in [1.29, 1.82) is 0 Å². The van der Waals surface area contributed by atoms with Crippen LogP contribution in [0.1, 0.15) is 32.0 Å². The fraction of sp³-hybridized carbons (Fsp3) is 0.333. The zero-order valence-corrected chi connectivity index (χ0v) is 14.1. The number of hydrogen-bond acceptors (Lipinski definition) is 4. The molecule has 126 valence electrons. The van der Waals surface area contributed by atoms with E-state index in [9.17, 15) is 9.59 Å². The van der Waals surface area contributed by atoms with Gasteiger partial charge in [0.25, 0.3) is 5.91 Å². The van der Waals surface area contributed by atoms with Gasteiger partial charge in [0.05, 0.1) is 23.7 Å². The number of thiophene rings is 1. The van der Waals surface area contributed by atoms with Crippen LogP contribution in [-0.4, -0.2) is 36.4 Å². The first kappa shape index (κ1) is 16.7. The molecule has 2 heterocycles. The summed E-state index contributed by atoms with van der Waals surface area (Å²) < 4.78 is 5.78. The summed E-state index contributed by atoms with van der Waals surface area (Å²) in [6.45, 7) is 2.66. The van der Waals surface area contributed by atoms with Gasteiger partial charge in [-0.1, -0.05) is 30.3 Å². The lowest BCUT2D eigenvalue weighted by atomic mass is 10.1. The lowest BCUT2D eigenvalue weighted by Crippen LogP contribution is -2.28. The molecular formula is C18H20N2O3S. The summed E-state index contributed by atoms with van der Waals surface area (Å²) in [7, 11) is 0. The van der Waals surface area contributed by atoms with Gasteiger partial charge in [0.1, 0.15) is 0 Å². The highest BCUT2D eigenvalue weighted by molar-refractivity contribution is 7.12. The van der Waals surface area contributed by atoms with Crippen LogP contribution in [0.5, 0.6) is 0 Å². The average molecular weight is 344 g/mol. The van der Waals surface area contributed by atoms with Crippen molar-refractivity contribution >= 4 is 23.2 Å². The maximum atomic E-state index is 12.5. The third-order valence-electron chi connectivity index (χ3n) is 4.13. The highest BCUT2D eigenvalue weighted by Gasteiger charge is 2.28. The number of primary amides is 1. The van der Waals surface area contributed by atoms with Gasteiger partial charge < -0.3 is 15.4 Å². The summed E-state index contributed by atoms with van der Waals surface area (Å²) >= 11 is 1.27. The van der Waals surface area contributed by atoms with E-state index >= 15 is 0 Å². The van der Waals surface area contributed by atoms with Gasteiger partial charge in [-0.25, -0.2) is 0 Å². The molecular weight excluding hydrogens is 324 g/mol. The van der Waals surface area contributed by atoms with E-state index in [2.05, 4.69) is 0 Å². The number of likely N-dealkylation sites (tertiary alicyclic amines) is 1. The van der Waals surface area contributed by atoms with Gasteiger partial charge in [-0.15, -0.1) is 11.3 Å². The molecule has 2 amide bonds. The van der Waals surface area contributed by atoms with Gasteiger partial charge >= 0.3 is 0 Å². The summed E-state index contributed by atoms with van der Waals surface area (Å²) in [5, 5.41) is 1.63. The van der Waals surface area contributed by atoms with Crippen molar-refractivity contribution in [2.24, 2.45) is 11.7 Å². The number of carbonyl (C=O) groups excluding carboxylic acids is 2. The van der Waals surface area contributed by atoms with E-state index < -0.39 is 5.91 Å². The molecule has 0 unspecified atom stereocenters. The molecule has 2 aromatic rings. The minimum absolute atomic E-state index is 0.0296. The minimum atomic E-state index is -0.501. The van der Waals surface area contributed by atoms with Crippen LogP contribution >= 0.6 is 11.3 Å². The third-order valence-corrected chi connectivity index (χ3v) is 5.05. The van der Waals surface area contributed by atoms with Gasteiger partial charge in [0.15, 0.2) is 0 Å². The van der Waals surface area contributed by atoms with E-state index in [4.69, 9.17) is 10.5 Å². The number of rotatable bonds is 6. The number of amides is 2. The molecule has 0 spiro atoms. The summed E-state index contributed by atoms with van der Waals surface area (Å²) in [6.07, 6.45) is 0.939. The van der Waals surface area contributed by atoms with Crippen molar-refractivity contribution in [2.75, 3.05) is 19.7 Å². The van der Waals surface area contributed by atoms with Gasteiger partial charge in [-0.05, 0) is 18.1 Å². The van der Waals surface area contributed by atoms with Crippen molar-refractivity contribution in [3.05, 3.63) is 57.8 Å². The van der Waals surface area contributed by atoms with Gasteiger partial charge in [0.2, 0.25) is 5.91 Å². The Morgan fingerprint density at radius 3 is 2.79 bits per heavy atom. The van der Waals surface area contributed by atoms with Gasteiger partial charge in [-0.2, -0.15) is 0 Å². The van der Waals surface area contributed by atoms with E-state index in [0.29, 0.717) is 36.1 Å². The summed E-state index contributed by atoms with van der Waals surface area (Å²) in [5.74, 6) is -0.176. The first-order valence-corrected chi connectivity index (χ1v) is 8.80. The molecule has 1 aliphatic rings. The van der Waals surface area contributed by atoms with E-state index in [1.54, 1.807) is 11.4 Å². The van der Waals surface area contributed by atoms with E-state index in [0.717, 1.165) is 18.5 Å². The van der Waals surface area contributed by atoms with Gasteiger partial charge in [-0.3, -0.25) is 9.59 Å². The Labute approximate surface area is 145 Å². The second-order valence-corrected chi connectivity index (χ2v) is 6.88. The number of nitrogens with zero attached hydrogens (tertiary/aromatic N) is 1. The van der Waals surface area contributed by atoms with Crippen LogP contribution < -0.4 is 5.73 Å². The molecule has 2 N–H and O–H groups in total. The first-order valence-electron chi connectivity index (χ1n) is 7.93. The SMILES string of the molecule is NC(=O)c1csc(C(=O)N2CC[C@@H](COCc3ccccc3)C2)c1. The normalized spacial score (nSPS) is 17.2. The zero-order chi connectivity index (χ0) is 16.9. The van der Waals surface area contributed by atoms with E-state index in [-0.39, 0.29) is 5.91 Å². The first-order chi connectivity index (χ1) is 11.6. The Morgan fingerprint density at radius 2 is 2.08 bits per heavy atom. The lowest BCUT2D eigenvalue weighted by molar-refractivity contribution is 0.0737. The predicted octanol–water partition coefficient (Wildman–Crippen LogP) is 2.53. The number of hydrogen-bond donors (Lipinski definition) is 1. The molecule has 0 saturated carbocycles. The van der Waals surface area contributed by atoms with Crippen molar-refractivity contribution in [2.45, 2.75) is 13.0 Å². The summed E-state index contributed by atoms with van der Waals surface area (Å²) in [5.41, 5.74) is 6.78. The Kier molecular flexibility index (Phi) is 5.27.